The van der Waals surface area contributed by atoms with Crippen molar-refractivity contribution < 1.29 is 0 Å². The highest BCUT2D eigenvalue weighted by Gasteiger charge is 2.01. The van der Waals surface area contributed by atoms with Crippen LogP contribution < -0.4 is 11.0 Å². The summed E-state index contributed by atoms with van der Waals surface area (Å²) in [6.07, 6.45) is 4.68. The standard InChI is InChI=1S/C10H8BrN5O/c11-9-8(6-14-16-10(9)17)15-13-5-7-3-1-2-4-12-7/h1-6H,(H2,15,16,17). The molecule has 2 heterocycles. The molecule has 0 atom stereocenters. The SMILES string of the molecule is O=c1[nH]ncc(NN=Cc2ccccn2)c1Br. The van der Waals surface area contributed by atoms with Gasteiger partial charge in [-0.05, 0) is 28.1 Å². The Labute approximate surface area is 105 Å². The Hall–Kier alpha value is -2.02. The van der Waals surface area contributed by atoms with Crippen LogP contribution in [0, 0.1) is 0 Å². The van der Waals surface area contributed by atoms with Gasteiger partial charge in [0.2, 0.25) is 0 Å². The second kappa shape index (κ2) is 5.35. The minimum Gasteiger partial charge on any atom is -0.275 e. The summed E-state index contributed by atoms with van der Waals surface area (Å²) >= 11 is 3.13. The number of rotatable bonds is 3. The van der Waals surface area contributed by atoms with Crippen LogP contribution in [0.4, 0.5) is 5.69 Å². The van der Waals surface area contributed by atoms with Crippen molar-refractivity contribution in [3.05, 3.63) is 51.1 Å². The normalized spacial score (nSPS) is 10.6. The third kappa shape index (κ3) is 2.97. The molecule has 2 rings (SSSR count). The van der Waals surface area contributed by atoms with Gasteiger partial charge in [-0.15, -0.1) is 0 Å². The molecule has 86 valence electrons. The van der Waals surface area contributed by atoms with Crippen molar-refractivity contribution >= 4 is 27.8 Å². The molecule has 0 aromatic carbocycles. The van der Waals surface area contributed by atoms with Gasteiger partial charge in [0.15, 0.2) is 0 Å². The smallest absolute Gasteiger partial charge is 0.275 e. The monoisotopic (exact) mass is 293 g/mol. The van der Waals surface area contributed by atoms with Gasteiger partial charge >= 0.3 is 0 Å². The zero-order valence-corrected chi connectivity index (χ0v) is 10.2. The fourth-order valence-corrected chi connectivity index (χ4v) is 1.36. The van der Waals surface area contributed by atoms with Gasteiger partial charge in [0, 0.05) is 6.20 Å². The molecule has 17 heavy (non-hydrogen) atoms. The average molecular weight is 294 g/mol. The number of aromatic nitrogens is 3. The molecule has 0 aliphatic carbocycles. The number of anilines is 1. The van der Waals surface area contributed by atoms with E-state index in [1.165, 1.54) is 6.20 Å². The van der Waals surface area contributed by atoms with Crippen molar-refractivity contribution in [2.45, 2.75) is 0 Å². The highest BCUT2D eigenvalue weighted by atomic mass is 79.9. The second-order valence-corrected chi connectivity index (χ2v) is 3.84. The third-order valence-electron chi connectivity index (χ3n) is 1.87. The molecule has 0 bridgehead atoms. The first-order chi connectivity index (χ1) is 8.27. The molecule has 0 fully saturated rings. The van der Waals surface area contributed by atoms with Crippen LogP contribution in [0.25, 0.3) is 0 Å². The lowest BCUT2D eigenvalue weighted by Gasteiger charge is -2.00. The maximum Gasteiger partial charge on any atom is 0.280 e. The molecule has 2 aromatic heterocycles. The van der Waals surface area contributed by atoms with Crippen LogP contribution in [0.1, 0.15) is 5.69 Å². The fourth-order valence-electron chi connectivity index (χ4n) is 1.08. The molecule has 7 heteroatoms. The zero-order valence-electron chi connectivity index (χ0n) is 8.59. The number of halogens is 1. The van der Waals surface area contributed by atoms with Gasteiger partial charge in [0.1, 0.15) is 4.47 Å². The first kappa shape index (κ1) is 11.5. The third-order valence-corrected chi connectivity index (χ3v) is 2.65. The Morgan fingerprint density at radius 1 is 1.47 bits per heavy atom. The van der Waals surface area contributed by atoms with Crippen LogP contribution >= 0.6 is 15.9 Å². The van der Waals surface area contributed by atoms with Crippen LogP contribution in [0.15, 0.2) is 45.0 Å². The van der Waals surface area contributed by atoms with Crippen molar-refractivity contribution in [3.63, 3.8) is 0 Å². The molecule has 0 radical (unpaired) electrons. The Morgan fingerprint density at radius 3 is 3.12 bits per heavy atom. The quantitative estimate of drug-likeness (QED) is 0.661. The van der Waals surface area contributed by atoms with Crippen molar-refractivity contribution in [3.8, 4) is 0 Å². The van der Waals surface area contributed by atoms with Gasteiger partial charge in [-0.2, -0.15) is 10.2 Å². The fraction of sp³-hybridized carbons (Fsp3) is 0. The van der Waals surface area contributed by atoms with E-state index in [-0.39, 0.29) is 5.56 Å². The predicted molar refractivity (Wildman–Crippen MR) is 68.0 cm³/mol. The summed E-state index contributed by atoms with van der Waals surface area (Å²) in [5, 5.41) is 9.90. The lowest BCUT2D eigenvalue weighted by atomic mass is 10.4. The highest BCUT2D eigenvalue weighted by Crippen LogP contribution is 2.14. The molecule has 0 aliphatic heterocycles. The first-order valence-electron chi connectivity index (χ1n) is 4.70. The van der Waals surface area contributed by atoms with Gasteiger partial charge in [-0.1, -0.05) is 6.07 Å². The minimum absolute atomic E-state index is 0.317. The van der Waals surface area contributed by atoms with E-state index < -0.39 is 0 Å². The van der Waals surface area contributed by atoms with E-state index in [9.17, 15) is 4.79 Å². The van der Waals surface area contributed by atoms with Gasteiger partial charge in [0.25, 0.3) is 5.56 Å². The molecule has 2 aromatic rings. The Balaban J connectivity index is 2.11. The van der Waals surface area contributed by atoms with Crippen LogP contribution in [0.5, 0.6) is 0 Å². The predicted octanol–water partition coefficient (Wildman–Crippen LogP) is 1.37. The van der Waals surface area contributed by atoms with Gasteiger partial charge in [0.05, 0.1) is 23.8 Å². The Kier molecular flexibility index (Phi) is 3.61. The number of hydrogen-bond donors (Lipinski definition) is 2. The second-order valence-electron chi connectivity index (χ2n) is 3.05. The van der Waals surface area contributed by atoms with Crippen LogP contribution in [-0.2, 0) is 0 Å². The number of H-pyrrole nitrogens is 1. The largest absolute Gasteiger partial charge is 0.280 e. The number of nitrogens with one attached hydrogen (secondary N) is 2. The van der Waals surface area contributed by atoms with E-state index >= 15 is 0 Å². The number of pyridine rings is 1. The number of hydrazone groups is 1. The van der Waals surface area contributed by atoms with E-state index in [0.717, 1.165) is 0 Å². The number of aromatic amines is 1. The lowest BCUT2D eigenvalue weighted by molar-refractivity contribution is 0.977. The molecule has 6 nitrogen and oxygen atoms in total. The molecule has 0 unspecified atom stereocenters. The molecule has 0 saturated heterocycles. The van der Waals surface area contributed by atoms with Crippen LogP contribution in [0.2, 0.25) is 0 Å². The molecule has 0 spiro atoms. The van der Waals surface area contributed by atoms with Gasteiger partial charge < -0.3 is 0 Å². The Bertz CT molecular complexity index is 581. The molecule has 2 N–H and O–H groups in total. The Morgan fingerprint density at radius 2 is 2.35 bits per heavy atom. The minimum atomic E-state index is -0.317. The first-order valence-corrected chi connectivity index (χ1v) is 5.50. The summed E-state index contributed by atoms with van der Waals surface area (Å²) in [5.41, 5.74) is 3.59. The van der Waals surface area contributed by atoms with E-state index in [1.54, 1.807) is 12.4 Å². The number of hydrogen-bond acceptors (Lipinski definition) is 5. The topological polar surface area (TPSA) is 83.0 Å². The van der Waals surface area contributed by atoms with Crippen molar-refractivity contribution in [2.24, 2.45) is 5.10 Å². The summed E-state index contributed by atoms with van der Waals surface area (Å²) in [5.74, 6) is 0. The summed E-state index contributed by atoms with van der Waals surface area (Å²) in [7, 11) is 0. The highest BCUT2D eigenvalue weighted by molar-refractivity contribution is 9.10. The molecule has 0 saturated carbocycles. The summed E-state index contributed by atoms with van der Waals surface area (Å²) in [6, 6.07) is 5.50. The molecule has 0 amide bonds. The zero-order chi connectivity index (χ0) is 12.1. The van der Waals surface area contributed by atoms with E-state index in [0.29, 0.717) is 15.9 Å². The number of nitrogens with zero attached hydrogens (tertiary/aromatic N) is 3. The van der Waals surface area contributed by atoms with Crippen molar-refractivity contribution in [1.82, 2.24) is 15.2 Å². The van der Waals surface area contributed by atoms with Gasteiger partial charge in [-0.25, -0.2) is 5.10 Å². The summed E-state index contributed by atoms with van der Waals surface area (Å²) in [4.78, 5) is 15.3. The lowest BCUT2D eigenvalue weighted by Crippen LogP contribution is -2.10. The van der Waals surface area contributed by atoms with Crippen LogP contribution in [0.3, 0.4) is 0 Å². The van der Waals surface area contributed by atoms with Crippen LogP contribution in [-0.4, -0.2) is 21.4 Å². The van der Waals surface area contributed by atoms with Crippen molar-refractivity contribution in [1.29, 1.82) is 0 Å². The maximum absolute atomic E-state index is 11.2. The molecule has 0 aliphatic rings. The maximum atomic E-state index is 11.2. The average Bonchev–Trinajstić information content (AvgIpc) is 2.36. The van der Waals surface area contributed by atoms with Gasteiger partial charge in [-0.3, -0.25) is 15.2 Å². The summed E-state index contributed by atoms with van der Waals surface area (Å²) < 4.78 is 0.352. The molecular weight excluding hydrogens is 286 g/mol. The summed E-state index contributed by atoms with van der Waals surface area (Å²) in [6.45, 7) is 0. The van der Waals surface area contributed by atoms with E-state index in [4.69, 9.17) is 0 Å². The molecular formula is C10H8BrN5O. The van der Waals surface area contributed by atoms with E-state index in [1.807, 2.05) is 18.2 Å². The van der Waals surface area contributed by atoms with Crippen molar-refractivity contribution in [2.75, 3.05) is 5.43 Å². The van der Waals surface area contributed by atoms with E-state index in [2.05, 4.69) is 41.6 Å².